The number of anilines is 1. The highest BCUT2D eigenvalue weighted by Gasteiger charge is 2.47. The Bertz CT molecular complexity index is 1460. The van der Waals surface area contributed by atoms with Crippen molar-refractivity contribution in [2.24, 2.45) is 0 Å². The maximum absolute atomic E-state index is 13.6. The number of halogens is 2. The third-order valence-corrected chi connectivity index (χ3v) is 8.39. The van der Waals surface area contributed by atoms with Crippen LogP contribution >= 0.6 is 0 Å². The van der Waals surface area contributed by atoms with Crippen LogP contribution in [0.5, 0.6) is 0 Å². The fourth-order valence-electron chi connectivity index (χ4n) is 6.10. The molecule has 5 heterocycles. The number of aryl methyl sites for hydroxylation is 1. The zero-order chi connectivity index (χ0) is 25.3. The number of hydrogen-bond acceptors (Lipinski definition) is 7. The SMILES string of the molecule is Cc1nc2ncc(-c3ccn4nc(N[C@H]5C[C@H](N6CCN(C)CC6)C5)ncc34)cc2n1C1CC(F)(F)C1. The summed E-state index contributed by atoms with van der Waals surface area (Å²) in [5.74, 6) is -1.25. The van der Waals surface area contributed by atoms with Gasteiger partial charge in [-0.15, -0.1) is 5.10 Å². The van der Waals surface area contributed by atoms with Gasteiger partial charge < -0.3 is 14.8 Å². The number of aromatic nitrogens is 6. The van der Waals surface area contributed by atoms with E-state index in [-0.39, 0.29) is 18.9 Å². The second-order valence-electron chi connectivity index (χ2n) is 11.0. The molecule has 3 fully saturated rings. The monoisotopic (exact) mass is 507 g/mol. The van der Waals surface area contributed by atoms with E-state index in [0.717, 1.165) is 61.2 Å². The van der Waals surface area contributed by atoms with Gasteiger partial charge >= 0.3 is 0 Å². The molecule has 9 nitrogen and oxygen atoms in total. The number of rotatable bonds is 5. The standard InChI is InChI=1S/C26H31F2N9/c1-16-31-24-22(37(16)20-12-26(27,28)13-20)9-17(14-29-24)21-3-4-36-23(21)15-30-25(33-36)32-18-10-19(11-18)35-7-5-34(2)6-8-35/h3-4,9,14-15,18-20H,5-8,10-13H2,1-2H3,(H,32,33)/t18-,19-. The van der Waals surface area contributed by atoms with Crippen LogP contribution < -0.4 is 5.32 Å². The molecule has 0 atom stereocenters. The quantitative estimate of drug-likeness (QED) is 0.442. The van der Waals surface area contributed by atoms with E-state index in [1.807, 2.05) is 40.5 Å². The third-order valence-electron chi connectivity index (χ3n) is 8.39. The van der Waals surface area contributed by atoms with Gasteiger partial charge in [0.15, 0.2) is 5.65 Å². The molecule has 0 spiro atoms. The van der Waals surface area contributed by atoms with E-state index in [4.69, 9.17) is 5.10 Å². The molecule has 4 aromatic heterocycles. The van der Waals surface area contributed by atoms with Crippen LogP contribution in [0.15, 0.2) is 30.7 Å². The van der Waals surface area contributed by atoms with Gasteiger partial charge in [-0.25, -0.2) is 28.2 Å². The first-order valence-corrected chi connectivity index (χ1v) is 13.1. The van der Waals surface area contributed by atoms with Crippen molar-refractivity contribution in [3.05, 3.63) is 36.5 Å². The highest BCUT2D eigenvalue weighted by Crippen LogP contribution is 2.47. The van der Waals surface area contributed by atoms with Crippen molar-refractivity contribution in [1.29, 1.82) is 0 Å². The smallest absolute Gasteiger partial charge is 0.252 e. The number of pyridine rings is 1. The molecule has 3 aliphatic rings. The first-order valence-electron chi connectivity index (χ1n) is 13.1. The lowest BCUT2D eigenvalue weighted by molar-refractivity contribution is -0.103. The largest absolute Gasteiger partial charge is 0.350 e. The fourth-order valence-corrected chi connectivity index (χ4v) is 6.10. The van der Waals surface area contributed by atoms with Crippen LogP contribution in [0.2, 0.25) is 0 Å². The van der Waals surface area contributed by atoms with Crippen LogP contribution in [0.25, 0.3) is 27.8 Å². The molecular weight excluding hydrogens is 476 g/mol. The summed E-state index contributed by atoms with van der Waals surface area (Å²) < 4.78 is 30.9. The van der Waals surface area contributed by atoms with E-state index in [0.29, 0.717) is 29.5 Å². The molecule has 0 unspecified atom stereocenters. The molecule has 2 saturated carbocycles. The van der Waals surface area contributed by atoms with Crippen molar-refractivity contribution >= 4 is 22.6 Å². The van der Waals surface area contributed by atoms with Crippen LogP contribution in [-0.2, 0) is 0 Å². The predicted molar refractivity (Wildman–Crippen MR) is 137 cm³/mol. The average molecular weight is 508 g/mol. The summed E-state index contributed by atoms with van der Waals surface area (Å²) in [4.78, 5) is 18.6. The highest BCUT2D eigenvalue weighted by molar-refractivity contribution is 5.85. The van der Waals surface area contributed by atoms with Crippen molar-refractivity contribution < 1.29 is 8.78 Å². The lowest BCUT2D eigenvalue weighted by atomic mass is 9.85. The minimum absolute atomic E-state index is 0.153. The molecule has 194 valence electrons. The maximum atomic E-state index is 13.6. The number of likely N-dealkylation sites (N-methyl/N-ethyl adjacent to an activating group) is 1. The van der Waals surface area contributed by atoms with Crippen LogP contribution in [0, 0.1) is 6.92 Å². The molecule has 0 bridgehead atoms. The molecule has 1 aliphatic heterocycles. The zero-order valence-corrected chi connectivity index (χ0v) is 21.1. The van der Waals surface area contributed by atoms with Gasteiger partial charge in [-0.1, -0.05) is 0 Å². The average Bonchev–Trinajstić information content (AvgIpc) is 3.39. The van der Waals surface area contributed by atoms with Gasteiger partial charge in [0, 0.05) is 80.7 Å². The number of nitrogens with zero attached hydrogens (tertiary/aromatic N) is 8. The Hall–Kier alpha value is -3.18. The summed E-state index contributed by atoms with van der Waals surface area (Å²) in [5.41, 5.74) is 4.07. The molecule has 0 radical (unpaired) electrons. The van der Waals surface area contributed by atoms with Gasteiger partial charge in [0.25, 0.3) is 5.92 Å². The minimum Gasteiger partial charge on any atom is -0.350 e. The summed E-state index contributed by atoms with van der Waals surface area (Å²) >= 11 is 0. The Morgan fingerprint density at radius 1 is 1.00 bits per heavy atom. The van der Waals surface area contributed by atoms with E-state index in [9.17, 15) is 8.78 Å². The normalized spacial score (nSPS) is 24.9. The molecular formula is C26H31F2N9. The van der Waals surface area contributed by atoms with Crippen LogP contribution in [0.1, 0.15) is 37.5 Å². The number of nitrogens with one attached hydrogen (secondary N) is 1. The van der Waals surface area contributed by atoms with Crippen molar-refractivity contribution in [2.75, 3.05) is 38.5 Å². The molecule has 1 saturated heterocycles. The van der Waals surface area contributed by atoms with Crippen molar-refractivity contribution in [3.8, 4) is 11.1 Å². The van der Waals surface area contributed by atoms with Crippen LogP contribution in [0.4, 0.5) is 14.7 Å². The topological polar surface area (TPSA) is 79.4 Å². The summed E-state index contributed by atoms with van der Waals surface area (Å²) in [6.07, 6.45) is 7.47. The molecule has 4 aromatic rings. The first-order chi connectivity index (χ1) is 17.8. The Labute approximate surface area is 213 Å². The Balaban J connectivity index is 1.08. The summed E-state index contributed by atoms with van der Waals surface area (Å²) in [6.45, 7) is 6.44. The van der Waals surface area contributed by atoms with Gasteiger partial charge in [0.05, 0.1) is 17.2 Å². The number of hydrogen-bond donors (Lipinski definition) is 1. The van der Waals surface area contributed by atoms with Gasteiger partial charge in [-0.3, -0.25) is 4.90 Å². The van der Waals surface area contributed by atoms with E-state index in [1.165, 1.54) is 0 Å². The van der Waals surface area contributed by atoms with Crippen molar-refractivity contribution in [2.45, 2.75) is 56.7 Å². The van der Waals surface area contributed by atoms with E-state index >= 15 is 0 Å². The van der Waals surface area contributed by atoms with Crippen molar-refractivity contribution in [3.63, 3.8) is 0 Å². The second kappa shape index (κ2) is 8.42. The second-order valence-corrected chi connectivity index (χ2v) is 11.0. The lowest BCUT2D eigenvalue weighted by Gasteiger charge is -2.46. The van der Waals surface area contributed by atoms with Gasteiger partial charge in [0.2, 0.25) is 5.95 Å². The molecule has 7 rings (SSSR count). The lowest BCUT2D eigenvalue weighted by Crippen LogP contribution is -2.55. The van der Waals surface area contributed by atoms with E-state index in [2.05, 4.69) is 37.1 Å². The molecule has 2 aliphatic carbocycles. The van der Waals surface area contributed by atoms with E-state index < -0.39 is 5.92 Å². The fraction of sp³-hybridized carbons (Fsp3) is 0.538. The number of imidazole rings is 1. The Morgan fingerprint density at radius 2 is 1.78 bits per heavy atom. The number of fused-ring (bicyclic) bond motifs is 2. The van der Waals surface area contributed by atoms with Gasteiger partial charge in [-0.05, 0) is 38.9 Å². The van der Waals surface area contributed by atoms with Gasteiger partial charge in [0.1, 0.15) is 5.82 Å². The number of piperazine rings is 1. The Morgan fingerprint density at radius 3 is 2.54 bits per heavy atom. The van der Waals surface area contributed by atoms with Crippen LogP contribution in [0.3, 0.4) is 0 Å². The molecule has 1 N–H and O–H groups in total. The maximum Gasteiger partial charge on any atom is 0.252 e. The third kappa shape index (κ3) is 4.04. The highest BCUT2D eigenvalue weighted by atomic mass is 19.3. The molecule has 0 aromatic carbocycles. The first kappa shape index (κ1) is 23.0. The van der Waals surface area contributed by atoms with Crippen LogP contribution in [-0.4, -0.2) is 90.2 Å². The molecule has 37 heavy (non-hydrogen) atoms. The zero-order valence-electron chi connectivity index (χ0n) is 21.1. The summed E-state index contributed by atoms with van der Waals surface area (Å²) in [7, 11) is 2.19. The summed E-state index contributed by atoms with van der Waals surface area (Å²) in [5, 5.41) is 8.19. The minimum atomic E-state index is -2.59. The Kier molecular flexibility index (Phi) is 5.23. The molecule has 0 amide bonds. The van der Waals surface area contributed by atoms with Gasteiger partial charge in [-0.2, -0.15) is 0 Å². The number of alkyl halides is 2. The molecule has 11 heteroatoms. The van der Waals surface area contributed by atoms with E-state index in [1.54, 1.807) is 6.20 Å². The predicted octanol–water partition coefficient (Wildman–Crippen LogP) is 3.61. The summed E-state index contributed by atoms with van der Waals surface area (Å²) in [6, 6.07) is 4.79. The van der Waals surface area contributed by atoms with Crippen molar-refractivity contribution in [1.82, 2.24) is 38.9 Å².